The fraction of sp³-hybridized carbons (Fsp3) is 0.800. The molecule has 1 aliphatic heterocycles. The first-order chi connectivity index (χ1) is 6.75. The Morgan fingerprint density at radius 2 is 2.50 bits per heavy atom. The molecule has 0 aromatic carbocycles. The Labute approximate surface area is 84.7 Å². The Morgan fingerprint density at radius 1 is 1.64 bits per heavy atom. The van der Waals surface area contributed by atoms with Crippen molar-refractivity contribution in [2.24, 2.45) is 0 Å². The minimum absolute atomic E-state index is 0.424. The normalized spacial score (nSPS) is 22.1. The van der Waals surface area contributed by atoms with Crippen molar-refractivity contribution in [3.8, 4) is 0 Å². The maximum atomic E-state index is 4.44. The van der Waals surface area contributed by atoms with Crippen LogP contribution in [0.1, 0.15) is 38.4 Å². The van der Waals surface area contributed by atoms with E-state index in [9.17, 15) is 0 Å². The fourth-order valence-electron chi connectivity index (χ4n) is 1.80. The Balaban J connectivity index is 1.95. The third-order valence-electron chi connectivity index (χ3n) is 2.64. The maximum absolute atomic E-state index is 4.44. The highest BCUT2D eigenvalue weighted by atomic mass is 15.3. The molecule has 1 unspecified atom stereocenters. The number of nitrogens with one attached hydrogen (secondary N) is 1. The number of hydrogen-bond donors (Lipinski definition) is 1. The molecule has 4 nitrogen and oxygen atoms in total. The van der Waals surface area contributed by atoms with Gasteiger partial charge in [0.15, 0.2) is 5.82 Å². The standard InChI is InChI=1S/C10H18N4/c1-8(2)10-12-7-14(13-10)6-9-4-3-5-11-9/h7-9,11H,3-6H2,1-2H3. The average Bonchev–Trinajstić information content (AvgIpc) is 2.75. The van der Waals surface area contributed by atoms with Gasteiger partial charge in [0.05, 0.1) is 6.54 Å². The maximum Gasteiger partial charge on any atom is 0.153 e. The monoisotopic (exact) mass is 194 g/mol. The molecule has 1 aliphatic rings. The summed E-state index contributed by atoms with van der Waals surface area (Å²) in [5.74, 6) is 1.37. The lowest BCUT2D eigenvalue weighted by molar-refractivity contribution is 0.471. The van der Waals surface area contributed by atoms with Crippen LogP contribution in [0.4, 0.5) is 0 Å². The third-order valence-corrected chi connectivity index (χ3v) is 2.64. The summed E-state index contributed by atoms with van der Waals surface area (Å²) in [7, 11) is 0. The summed E-state index contributed by atoms with van der Waals surface area (Å²) in [4.78, 5) is 4.28. The zero-order valence-corrected chi connectivity index (χ0v) is 8.90. The minimum atomic E-state index is 0.424. The number of nitrogens with zero attached hydrogens (tertiary/aromatic N) is 3. The Kier molecular flexibility index (Phi) is 2.82. The van der Waals surface area contributed by atoms with Gasteiger partial charge in [-0.15, -0.1) is 0 Å². The van der Waals surface area contributed by atoms with E-state index in [1.54, 1.807) is 0 Å². The minimum Gasteiger partial charge on any atom is -0.312 e. The molecule has 1 aromatic heterocycles. The van der Waals surface area contributed by atoms with Gasteiger partial charge >= 0.3 is 0 Å². The van der Waals surface area contributed by atoms with E-state index in [0.29, 0.717) is 12.0 Å². The molecule has 4 heteroatoms. The van der Waals surface area contributed by atoms with Gasteiger partial charge in [-0.3, -0.25) is 4.68 Å². The van der Waals surface area contributed by atoms with Gasteiger partial charge in [-0.2, -0.15) is 5.10 Å². The highest BCUT2D eigenvalue weighted by molar-refractivity contribution is 4.89. The van der Waals surface area contributed by atoms with E-state index in [2.05, 4.69) is 29.2 Å². The molecule has 1 N–H and O–H groups in total. The quantitative estimate of drug-likeness (QED) is 0.785. The van der Waals surface area contributed by atoms with Crippen LogP contribution in [0.25, 0.3) is 0 Å². The van der Waals surface area contributed by atoms with Gasteiger partial charge in [-0.05, 0) is 19.4 Å². The lowest BCUT2D eigenvalue weighted by Crippen LogP contribution is -2.26. The summed E-state index contributed by atoms with van der Waals surface area (Å²) in [6.45, 7) is 6.34. The van der Waals surface area contributed by atoms with Crippen molar-refractivity contribution >= 4 is 0 Å². The molecule has 1 aromatic rings. The van der Waals surface area contributed by atoms with Gasteiger partial charge < -0.3 is 5.32 Å². The van der Waals surface area contributed by atoms with Crippen LogP contribution in [-0.2, 0) is 6.54 Å². The van der Waals surface area contributed by atoms with Crippen LogP contribution in [0.5, 0.6) is 0 Å². The van der Waals surface area contributed by atoms with Crippen molar-refractivity contribution < 1.29 is 0 Å². The van der Waals surface area contributed by atoms with Gasteiger partial charge in [0.2, 0.25) is 0 Å². The summed E-state index contributed by atoms with van der Waals surface area (Å²) in [6.07, 6.45) is 4.39. The molecule has 2 heterocycles. The van der Waals surface area contributed by atoms with Crippen molar-refractivity contribution in [1.29, 1.82) is 0 Å². The summed E-state index contributed by atoms with van der Waals surface area (Å²) >= 11 is 0. The first kappa shape index (κ1) is 9.65. The molecule has 1 saturated heterocycles. The van der Waals surface area contributed by atoms with Crippen LogP contribution in [0.15, 0.2) is 6.33 Å². The molecule has 0 spiro atoms. The summed E-state index contributed by atoms with van der Waals surface area (Å²) in [5, 5.41) is 7.89. The molecular weight excluding hydrogens is 176 g/mol. The van der Waals surface area contributed by atoms with Crippen molar-refractivity contribution in [1.82, 2.24) is 20.1 Å². The summed E-state index contributed by atoms with van der Waals surface area (Å²) < 4.78 is 1.96. The van der Waals surface area contributed by atoms with Gasteiger partial charge in [0, 0.05) is 12.0 Å². The van der Waals surface area contributed by atoms with Crippen LogP contribution in [0.3, 0.4) is 0 Å². The largest absolute Gasteiger partial charge is 0.312 e. The van der Waals surface area contributed by atoms with E-state index in [1.807, 2.05) is 11.0 Å². The number of rotatable bonds is 3. The zero-order chi connectivity index (χ0) is 9.97. The molecule has 78 valence electrons. The second-order valence-electron chi connectivity index (χ2n) is 4.27. The van der Waals surface area contributed by atoms with Crippen LogP contribution in [0, 0.1) is 0 Å². The molecule has 0 radical (unpaired) electrons. The van der Waals surface area contributed by atoms with E-state index < -0.39 is 0 Å². The lowest BCUT2D eigenvalue weighted by atomic mass is 10.2. The average molecular weight is 194 g/mol. The first-order valence-corrected chi connectivity index (χ1v) is 5.38. The highest BCUT2D eigenvalue weighted by Gasteiger charge is 2.15. The molecule has 0 bridgehead atoms. The Morgan fingerprint density at radius 3 is 3.07 bits per heavy atom. The van der Waals surface area contributed by atoms with Crippen molar-refractivity contribution in [2.45, 2.75) is 45.2 Å². The lowest BCUT2D eigenvalue weighted by Gasteiger charge is -2.08. The molecule has 1 fully saturated rings. The molecule has 2 rings (SSSR count). The number of hydrogen-bond acceptors (Lipinski definition) is 3. The smallest absolute Gasteiger partial charge is 0.153 e. The Bertz CT molecular complexity index is 286. The second kappa shape index (κ2) is 4.09. The van der Waals surface area contributed by atoms with E-state index in [0.717, 1.165) is 18.9 Å². The fourth-order valence-corrected chi connectivity index (χ4v) is 1.80. The Hall–Kier alpha value is -0.900. The molecule has 0 aliphatic carbocycles. The van der Waals surface area contributed by atoms with Crippen LogP contribution in [-0.4, -0.2) is 27.4 Å². The topological polar surface area (TPSA) is 42.7 Å². The molecule has 1 atom stereocenters. The summed E-state index contributed by atoms with van der Waals surface area (Å²) in [5.41, 5.74) is 0. The molecule has 14 heavy (non-hydrogen) atoms. The van der Waals surface area contributed by atoms with E-state index in [-0.39, 0.29) is 0 Å². The first-order valence-electron chi connectivity index (χ1n) is 5.38. The second-order valence-corrected chi connectivity index (χ2v) is 4.27. The van der Waals surface area contributed by atoms with Gasteiger partial charge in [0.1, 0.15) is 6.33 Å². The van der Waals surface area contributed by atoms with Crippen molar-refractivity contribution in [3.63, 3.8) is 0 Å². The highest BCUT2D eigenvalue weighted by Crippen LogP contribution is 2.09. The van der Waals surface area contributed by atoms with Crippen LogP contribution >= 0.6 is 0 Å². The van der Waals surface area contributed by atoms with Gasteiger partial charge in [-0.1, -0.05) is 13.8 Å². The predicted molar refractivity (Wildman–Crippen MR) is 55.1 cm³/mol. The van der Waals surface area contributed by atoms with Gasteiger partial charge in [0.25, 0.3) is 0 Å². The number of aromatic nitrogens is 3. The van der Waals surface area contributed by atoms with E-state index >= 15 is 0 Å². The predicted octanol–water partition coefficient (Wildman–Crippen LogP) is 1.15. The van der Waals surface area contributed by atoms with Crippen LogP contribution in [0.2, 0.25) is 0 Å². The van der Waals surface area contributed by atoms with Crippen molar-refractivity contribution in [3.05, 3.63) is 12.2 Å². The third kappa shape index (κ3) is 2.12. The molecular formula is C10H18N4. The SMILES string of the molecule is CC(C)c1ncn(CC2CCCN2)n1. The summed E-state index contributed by atoms with van der Waals surface area (Å²) in [6, 6.07) is 0.594. The molecule has 0 amide bonds. The van der Waals surface area contributed by atoms with Crippen molar-refractivity contribution in [2.75, 3.05) is 6.54 Å². The zero-order valence-electron chi connectivity index (χ0n) is 8.90. The van der Waals surface area contributed by atoms with Gasteiger partial charge in [-0.25, -0.2) is 4.98 Å². The molecule has 0 saturated carbocycles. The van der Waals surface area contributed by atoms with Crippen LogP contribution < -0.4 is 5.32 Å². The van der Waals surface area contributed by atoms with E-state index in [4.69, 9.17) is 0 Å². The van der Waals surface area contributed by atoms with E-state index in [1.165, 1.54) is 12.8 Å².